The van der Waals surface area contributed by atoms with Crippen molar-refractivity contribution in [2.24, 2.45) is 0 Å². The van der Waals surface area contributed by atoms with E-state index in [1.807, 2.05) is 49.4 Å². The first kappa shape index (κ1) is 24.7. The lowest BCUT2D eigenvalue weighted by Gasteiger charge is -2.20. The number of aryl methyl sites for hydroxylation is 1. The summed E-state index contributed by atoms with van der Waals surface area (Å²) in [5.74, 6) is 1.35. The zero-order chi connectivity index (χ0) is 23.6. The normalized spacial score (nSPS) is 13.1. The molecule has 3 aromatic rings. The minimum Gasteiger partial charge on any atom is -0.489 e. The van der Waals surface area contributed by atoms with Crippen molar-refractivity contribution >= 4 is 21.5 Å². The van der Waals surface area contributed by atoms with Crippen molar-refractivity contribution in [3.8, 4) is 11.5 Å². The van der Waals surface area contributed by atoms with Gasteiger partial charge < -0.3 is 29.2 Å². The van der Waals surface area contributed by atoms with Gasteiger partial charge in [-0.25, -0.2) is 0 Å². The summed E-state index contributed by atoms with van der Waals surface area (Å²) in [5, 5.41) is 24.0. The highest BCUT2D eigenvalue weighted by Gasteiger charge is 2.18. The van der Waals surface area contributed by atoms with Gasteiger partial charge in [-0.15, -0.1) is 13.2 Å². The summed E-state index contributed by atoms with van der Waals surface area (Å²) in [5.41, 5.74) is 1.07. The van der Waals surface area contributed by atoms with Gasteiger partial charge in [0.25, 0.3) is 0 Å². The molecule has 0 aliphatic rings. The molecule has 0 fully saturated rings. The lowest BCUT2D eigenvalue weighted by molar-refractivity contribution is 0.0216. The zero-order valence-corrected chi connectivity index (χ0v) is 19.0. The second-order valence-corrected chi connectivity index (χ2v) is 7.83. The summed E-state index contributed by atoms with van der Waals surface area (Å²) in [4.78, 5) is 0. The van der Waals surface area contributed by atoms with Crippen LogP contribution in [0.15, 0.2) is 67.8 Å². The fourth-order valence-electron chi connectivity index (χ4n) is 3.55. The SMILES string of the molecule is C=CCOCC(O)COc1c2ccccc2c(OCC(O)COCC=C)c2cc(C)ccc12. The van der Waals surface area contributed by atoms with Gasteiger partial charge in [0.05, 0.1) is 26.4 Å². The molecule has 33 heavy (non-hydrogen) atoms. The molecule has 176 valence electrons. The summed E-state index contributed by atoms with van der Waals surface area (Å²) < 4.78 is 22.9. The molecule has 3 aromatic carbocycles. The first-order valence-electron chi connectivity index (χ1n) is 11.0. The maximum atomic E-state index is 10.3. The molecule has 0 aliphatic carbocycles. The van der Waals surface area contributed by atoms with Crippen molar-refractivity contribution < 1.29 is 29.2 Å². The molecule has 0 aromatic heterocycles. The fraction of sp³-hybridized carbons (Fsp3) is 0.333. The van der Waals surface area contributed by atoms with Crippen LogP contribution in [0.5, 0.6) is 11.5 Å². The topological polar surface area (TPSA) is 77.4 Å². The average molecular weight is 453 g/mol. The van der Waals surface area contributed by atoms with Crippen LogP contribution in [-0.2, 0) is 9.47 Å². The van der Waals surface area contributed by atoms with Gasteiger partial charge in [0.2, 0.25) is 0 Å². The highest BCUT2D eigenvalue weighted by molar-refractivity contribution is 6.11. The van der Waals surface area contributed by atoms with Crippen LogP contribution in [0.2, 0.25) is 0 Å². The van der Waals surface area contributed by atoms with Crippen LogP contribution in [0.1, 0.15) is 5.56 Å². The van der Waals surface area contributed by atoms with Crippen LogP contribution in [0.4, 0.5) is 0 Å². The molecule has 3 rings (SSSR count). The standard InChI is InChI=1S/C27H32O6/c1-4-12-30-15-20(28)17-32-26-22-8-6-7-9-23(22)27(25-14-19(3)10-11-24(25)26)33-18-21(29)16-31-13-5-2/h4-11,14,20-21,28-29H,1-2,12-13,15-18H2,3H3. The summed E-state index contributed by atoms with van der Waals surface area (Å²) in [6.07, 6.45) is 1.73. The van der Waals surface area contributed by atoms with E-state index in [1.165, 1.54) is 0 Å². The van der Waals surface area contributed by atoms with Gasteiger partial charge in [0.15, 0.2) is 0 Å². The first-order valence-corrected chi connectivity index (χ1v) is 11.0. The Labute approximate surface area is 194 Å². The van der Waals surface area contributed by atoms with E-state index in [2.05, 4.69) is 13.2 Å². The maximum absolute atomic E-state index is 10.3. The number of aliphatic hydroxyl groups is 2. The van der Waals surface area contributed by atoms with Crippen LogP contribution < -0.4 is 9.47 Å². The highest BCUT2D eigenvalue weighted by Crippen LogP contribution is 2.43. The molecule has 0 saturated carbocycles. The molecule has 0 spiro atoms. The lowest BCUT2D eigenvalue weighted by atomic mass is 9.99. The largest absolute Gasteiger partial charge is 0.489 e. The molecule has 0 amide bonds. The number of fused-ring (bicyclic) bond motifs is 2. The number of aliphatic hydroxyl groups excluding tert-OH is 2. The van der Waals surface area contributed by atoms with E-state index in [0.717, 1.165) is 27.1 Å². The maximum Gasteiger partial charge on any atom is 0.135 e. The second kappa shape index (κ2) is 12.4. The number of rotatable bonds is 14. The fourth-order valence-corrected chi connectivity index (χ4v) is 3.55. The van der Waals surface area contributed by atoms with Crippen molar-refractivity contribution in [3.63, 3.8) is 0 Å². The molecular formula is C27H32O6. The molecular weight excluding hydrogens is 420 g/mol. The van der Waals surface area contributed by atoms with Gasteiger partial charge in [-0.1, -0.05) is 54.1 Å². The van der Waals surface area contributed by atoms with Crippen LogP contribution in [-0.4, -0.2) is 62.1 Å². The average Bonchev–Trinajstić information content (AvgIpc) is 2.81. The quantitative estimate of drug-likeness (QED) is 0.217. The van der Waals surface area contributed by atoms with Crippen molar-refractivity contribution in [2.75, 3.05) is 39.6 Å². The summed E-state index contributed by atoms with van der Waals surface area (Å²) in [7, 11) is 0. The molecule has 6 heteroatoms. The summed E-state index contributed by atoms with van der Waals surface area (Å²) in [6.45, 7) is 10.5. The monoisotopic (exact) mass is 452 g/mol. The Morgan fingerprint density at radius 1 is 0.727 bits per heavy atom. The predicted octanol–water partition coefficient (Wildman–Crippen LogP) is 4.19. The molecule has 2 N–H and O–H groups in total. The van der Waals surface area contributed by atoms with E-state index in [1.54, 1.807) is 12.2 Å². The van der Waals surface area contributed by atoms with Gasteiger partial charge in [0, 0.05) is 21.5 Å². The van der Waals surface area contributed by atoms with Crippen molar-refractivity contribution in [3.05, 3.63) is 73.3 Å². The second-order valence-electron chi connectivity index (χ2n) is 7.83. The number of hydrogen-bond donors (Lipinski definition) is 2. The minimum absolute atomic E-state index is 0.0870. The van der Waals surface area contributed by atoms with Crippen LogP contribution in [0.3, 0.4) is 0 Å². The third-order valence-corrected chi connectivity index (χ3v) is 5.01. The van der Waals surface area contributed by atoms with E-state index in [4.69, 9.17) is 18.9 Å². The number of benzene rings is 3. The number of hydrogen-bond acceptors (Lipinski definition) is 6. The third-order valence-electron chi connectivity index (χ3n) is 5.01. The van der Waals surface area contributed by atoms with Gasteiger partial charge in [-0.05, 0) is 13.0 Å². The van der Waals surface area contributed by atoms with Gasteiger partial charge in [0.1, 0.15) is 36.9 Å². The molecule has 2 unspecified atom stereocenters. The Morgan fingerprint density at radius 3 is 1.73 bits per heavy atom. The van der Waals surface area contributed by atoms with Crippen LogP contribution >= 0.6 is 0 Å². The Morgan fingerprint density at radius 2 is 1.21 bits per heavy atom. The van der Waals surface area contributed by atoms with E-state index in [-0.39, 0.29) is 26.4 Å². The van der Waals surface area contributed by atoms with Crippen LogP contribution in [0, 0.1) is 6.92 Å². The van der Waals surface area contributed by atoms with Crippen molar-refractivity contribution in [1.82, 2.24) is 0 Å². The first-order chi connectivity index (χ1) is 16.0. The zero-order valence-electron chi connectivity index (χ0n) is 19.0. The molecule has 2 atom stereocenters. The Bertz CT molecular complexity index is 1080. The Balaban J connectivity index is 1.93. The molecule has 0 aliphatic heterocycles. The molecule has 0 saturated heterocycles. The molecule has 0 radical (unpaired) electrons. The Hall–Kier alpha value is -2.90. The minimum atomic E-state index is -0.773. The smallest absolute Gasteiger partial charge is 0.135 e. The lowest BCUT2D eigenvalue weighted by Crippen LogP contribution is -2.24. The summed E-state index contributed by atoms with van der Waals surface area (Å²) >= 11 is 0. The van der Waals surface area contributed by atoms with Crippen molar-refractivity contribution in [2.45, 2.75) is 19.1 Å². The molecule has 0 bridgehead atoms. The Kier molecular flexibility index (Phi) is 9.27. The molecule has 0 heterocycles. The van der Waals surface area contributed by atoms with Crippen LogP contribution in [0.25, 0.3) is 21.5 Å². The van der Waals surface area contributed by atoms with E-state index >= 15 is 0 Å². The number of ether oxygens (including phenoxy) is 4. The van der Waals surface area contributed by atoms with E-state index in [0.29, 0.717) is 24.7 Å². The predicted molar refractivity (Wildman–Crippen MR) is 131 cm³/mol. The summed E-state index contributed by atoms with van der Waals surface area (Å²) in [6, 6.07) is 13.8. The third kappa shape index (κ3) is 6.55. The van der Waals surface area contributed by atoms with E-state index < -0.39 is 12.2 Å². The van der Waals surface area contributed by atoms with Gasteiger partial charge >= 0.3 is 0 Å². The highest BCUT2D eigenvalue weighted by atomic mass is 16.5. The molecule has 6 nitrogen and oxygen atoms in total. The van der Waals surface area contributed by atoms with Gasteiger partial charge in [-0.3, -0.25) is 0 Å². The van der Waals surface area contributed by atoms with E-state index in [9.17, 15) is 10.2 Å². The van der Waals surface area contributed by atoms with Crippen molar-refractivity contribution in [1.29, 1.82) is 0 Å². The van der Waals surface area contributed by atoms with Gasteiger partial charge in [-0.2, -0.15) is 0 Å².